The van der Waals surface area contributed by atoms with Crippen LogP contribution in [0.1, 0.15) is 45.1 Å². The molecule has 2 rings (SSSR count). The van der Waals surface area contributed by atoms with Gasteiger partial charge in [0.25, 0.3) is 0 Å². The van der Waals surface area contributed by atoms with Gasteiger partial charge in [0.15, 0.2) is 5.78 Å². The van der Waals surface area contributed by atoms with Gasteiger partial charge in [0.1, 0.15) is 5.60 Å². The molecule has 1 aliphatic rings. The number of ketones is 1. The van der Waals surface area contributed by atoms with Gasteiger partial charge in [-0.1, -0.05) is 35.0 Å². The summed E-state index contributed by atoms with van der Waals surface area (Å²) in [5.74, 6) is 0.956. The normalized spacial score (nSPS) is 26.4. The minimum Gasteiger partial charge on any atom is -0.367 e. The third-order valence-electron chi connectivity index (χ3n) is 4.29. The van der Waals surface area contributed by atoms with E-state index in [1.807, 2.05) is 31.2 Å². The minimum atomic E-state index is -0.533. The molecule has 20 heavy (non-hydrogen) atoms. The van der Waals surface area contributed by atoms with Gasteiger partial charge in [0.05, 0.1) is 0 Å². The summed E-state index contributed by atoms with van der Waals surface area (Å²) in [4.78, 5) is 12.7. The lowest BCUT2D eigenvalue weighted by Crippen LogP contribution is -2.45. The number of carbonyl (C=O) groups excluding carboxylic acids is 1. The van der Waals surface area contributed by atoms with Crippen molar-refractivity contribution in [3.63, 3.8) is 0 Å². The molecule has 1 aromatic carbocycles. The van der Waals surface area contributed by atoms with Crippen LogP contribution in [-0.2, 0) is 16.0 Å². The molecule has 3 heteroatoms. The van der Waals surface area contributed by atoms with Gasteiger partial charge in [-0.15, -0.1) is 0 Å². The standard InChI is InChI=1S/C17H23BrO2/c1-3-20-17(10-8-13(2)9-11-17)16(19)12-14-4-6-15(18)7-5-14/h4-7,13H,3,8-12H2,1-2H3. The van der Waals surface area contributed by atoms with E-state index in [2.05, 4.69) is 22.9 Å². The Bertz CT molecular complexity index is 445. The Morgan fingerprint density at radius 1 is 1.30 bits per heavy atom. The van der Waals surface area contributed by atoms with E-state index in [0.717, 1.165) is 35.7 Å². The van der Waals surface area contributed by atoms with Crippen molar-refractivity contribution in [1.29, 1.82) is 0 Å². The van der Waals surface area contributed by atoms with Crippen LogP contribution < -0.4 is 0 Å². The van der Waals surface area contributed by atoms with Crippen LogP contribution in [0.3, 0.4) is 0 Å². The van der Waals surface area contributed by atoms with Crippen molar-refractivity contribution in [3.8, 4) is 0 Å². The molecule has 0 atom stereocenters. The molecule has 1 aromatic rings. The third-order valence-corrected chi connectivity index (χ3v) is 4.82. The lowest BCUT2D eigenvalue weighted by Gasteiger charge is -2.38. The zero-order valence-electron chi connectivity index (χ0n) is 12.3. The van der Waals surface area contributed by atoms with E-state index in [0.29, 0.717) is 18.9 Å². The van der Waals surface area contributed by atoms with Crippen molar-refractivity contribution in [2.24, 2.45) is 5.92 Å². The zero-order valence-corrected chi connectivity index (χ0v) is 13.9. The second kappa shape index (κ2) is 6.86. The van der Waals surface area contributed by atoms with Crippen molar-refractivity contribution < 1.29 is 9.53 Å². The smallest absolute Gasteiger partial charge is 0.168 e. The highest BCUT2D eigenvalue weighted by molar-refractivity contribution is 9.10. The summed E-state index contributed by atoms with van der Waals surface area (Å²) < 4.78 is 6.96. The van der Waals surface area contributed by atoms with Crippen LogP contribution >= 0.6 is 15.9 Å². The SMILES string of the molecule is CCOC1(C(=O)Cc2ccc(Br)cc2)CCC(C)CC1. The molecular weight excluding hydrogens is 316 g/mol. The summed E-state index contributed by atoms with van der Waals surface area (Å²) >= 11 is 3.42. The minimum absolute atomic E-state index is 0.244. The number of rotatable bonds is 5. The average molecular weight is 339 g/mol. The summed E-state index contributed by atoms with van der Waals surface area (Å²) in [6, 6.07) is 7.98. The summed E-state index contributed by atoms with van der Waals surface area (Å²) in [6.07, 6.45) is 4.40. The van der Waals surface area contributed by atoms with Gasteiger partial charge in [0, 0.05) is 17.5 Å². The first-order valence-electron chi connectivity index (χ1n) is 7.47. The lowest BCUT2D eigenvalue weighted by molar-refractivity contribution is -0.149. The van der Waals surface area contributed by atoms with Crippen LogP contribution in [-0.4, -0.2) is 18.0 Å². The van der Waals surface area contributed by atoms with Gasteiger partial charge in [-0.3, -0.25) is 4.79 Å². The lowest BCUT2D eigenvalue weighted by atomic mass is 9.76. The van der Waals surface area contributed by atoms with Crippen molar-refractivity contribution in [3.05, 3.63) is 34.3 Å². The fourth-order valence-electron chi connectivity index (χ4n) is 2.96. The van der Waals surface area contributed by atoms with Gasteiger partial charge in [-0.2, -0.15) is 0 Å². The highest BCUT2D eigenvalue weighted by atomic mass is 79.9. The fraction of sp³-hybridized carbons (Fsp3) is 0.588. The van der Waals surface area contributed by atoms with Crippen molar-refractivity contribution in [1.82, 2.24) is 0 Å². The van der Waals surface area contributed by atoms with Gasteiger partial charge in [0.2, 0.25) is 0 Å². The Balaban J connectivity index is 2.09. The first-order valence-corrected chi connectivity index (χ1v) is 8.27. The number of halogens is 1. The molecule has 0 aliphatic heterocycles. The highest BCUT2D eigenvalue weighted by Crippen LogP contribution is 2.36. The predicted octanol–water partition coefficient (Wildman–Crippen LogP) is 4.55. The molecule has 1 fully saturated rings. The number of Topliss-reactive ketones (excluding diaryl/α,β-unsaturated/α-hetero) is 1. The van der Waals surface area contributed by atoms with E-state index in [1.54, 1.807) is 0 Å². The molecule has 0 heterocycles. The first-order chi connectivity index (χ1) is 9.55. The summed E-state index contributed by atoms with van der Waals surface area (Å²) in [7, 11) is 0. The molecule has 0 aromatic heterocycles. The van der Waals surface area contributed by atoms with E-state index < -0.39 is 5.60 Å². The number of carbonyl (C=O) groups is 1. The molecule has 2 nitrogen and oxygen atoms in total. The van der Waals surface area contributed by atoms with E-state index >= 15 is 0 Å². The van der Waals surface area contributed by atoms with Crippen LogP contribution in [0.4, 0.5) is 0 Å². The largest absolute Gasteiger partial charge is 0.367 e. The summed E-state index contributed by atoms with van der Waals surface area (Å²) in [5.41, 5.74) is 0.532. The van der Waals surface area contributed by atoms with E-state index in [4.69, 9.17) is 4.74 Å². The van der Waals surface area contributed by atoms with Gasteiger partial charge in [-0.25, -0.2) is 0 Å². The third kappa shape index (κ3) is 3.70. The molecule has 0 bridgehead atoms. The van der Waals surface area contributed by atoms with Crippen LogP contribution in [0.15, 0.2) is 28.7 Å². The molecule has 0 radical (unpaired) electrons. The van der Waals surface area contributed by atoms with Crippen molar-refractivity contribution in [2.45, 2.75) is 51.6 Å². The Morgan fingerprint density at radius 2 is 1.90 bits per heavy atom. The van der Waals surface area contributed by atoms with Gasteiger partial charge in [-0.05, 0) is 56.2 Å². The number of hydrogen-bond donors (Lipinski definition) is 0. The van der Waals surface area contributed by atoms with Crippen molar-refractivity contribution in [2.75, 3.05) is 6.61 Å². The molecule has 1 aliphatic carbocycles. The van der Waals surface area contributed by atoms with E-state index in [1.165, 1.54) is 0 Å². The molecule has 110 valence electrons. The molecular formula is C17H23BrO2. The second-order valence-electron chi connectivity index (χ2n) is 5.84. The van der Waals surface area contributed by atoms with Crippen molar-refractivity contribution >= 4 is 21.7 Å². The first kappa shape index (κ1) is 15.7. The maximum absolute atomic E-state index is 12.7. The Hall–Kier alpha value is -0.670. The maximum Gasteiger partial charge on any atom is 0.168 e. The van der Waals surface area contributed by atoms with E-state index in [-0.39, 0.29) is 5.78 Å². The topological polar surface area (TPSA) is 26.3 Å². The molecule has 0 N–H and O–H groups in total. The van der Waals surface area contributed by atoms with Gasteiger partial charge < -0.3 is 4.74 Å². The molecule has 1 saturated carbocycles. The quantitative estimate of drug-likeness (QED) is 0.787. The molecule has 0 saturated heterocycles. The molecule has 0 unspecified atom stereocenters. The number of ether oxygens (including phenoxy) is 1. The Morgan fingerprint density at radius 3 is 2.45 bits per heavy atom. The monoisotopic (exact) mass is 338 g/mol. The zero-order chi connectivity index (χ0) is 14.6. The van der Waals surface area contributed by atoms with Crippen LogP contribution in [0.2, 0.25) is 0 Å². The Labute approximate surface area is 130 Å². The average Bonchev–Trinajstić information content (AvgIpc) is 2.44. The summed E-state index contributed by atoms with van der Waals surface area (Å²) in [6.45, 7) is 4.85. The van der Waals surface area contributed by atoms with Crippen LogP contribution in [0.25, 0.3) is 0 Å². The maximum atomic E-state index is 12.7. The fourth-order valence-corrected chi connectivity index (χ4v) is 3.22. The highest BCUT2D eigenvalue weighted by Gasteiger charge is 2.41. The van der Waals surface area contributed by atoms with Gasteiger partial charge >= 0.3 is 0 Å². The Kier molecular flexibility index (Phi) is 5.39. The molecule has 0 spiro atoms. The van der Waals surface area contributed by atoms with Crippen LogP contribution in [0.5, 0.6) is 0 Å². The summed E-state index contributed by atoms with van der Waals surface area (Å²) in [5, 5.41) is 0. The second-order valence-corrected chi connectivity index (χ2v) is 6.75. The molecule has 0 amide bonds. The van der Waals surface area contributed by atoms with Crippen LogP contribution in [0, 0.1) is 5.92 Å². The number of benzene rings is 1. The predicted molar refractivity (Wildman–Crippen MR) is 84.8 cm³/mol. The van der Waals surface area contributed by atoms with E-state index in [9.17, 15) is 4.79 Å². The number of hydrogen-bond acceptors (Lipinski definition) is 2.